The van der Waals surface area contributed by atoms with E-state index in [9.17, 15) is 4.79 Å². The van der Waals surface area contributed by atoms with Crippen LogP contribution in [0.2, 0.25) is 5.02 Å². The van der Waals surface area contributed by atoms with Crippen LogP contribution in [0.5, 0.6) is 5.75 Å². The minimum Gasteiger partial charge on any atom is -0.478 e. The average molecular weight is 241 g/mol. The molecule has 0 aromatic heterocycles. The van der Waals surface area contributed by atoms with Gasteiger partial charge in [0.25, 0.3) is 0 Å². The second-order valence-electron chi connectivity index (χ2n) is 3.20. The number of carbonyl (C=O) groups is 1. The summed E-state index contributed by atoms with van der Waals surface area (Å²) < 4.78 is 5.32. The first-order valence-corrected chi connectivity index (χ1v) is 5.27. The molecule has 0 spiro atoms. The maximum Gasteiger partial charge on any atom is 0.345 e. The van der Waals surface area contributed by atoms with Gasteiger partial charge in [0.2, 0.25) is 0 Å². The highest BCUT2D eigenvalue weighted by Gasteiger charge is 2.17. The van der Waals surface area contributed by atoms with Gasteiger partial charge >= 0.3 is 5.97 Å². The van der Waals surface area contributed by atoms with Crippen LogP contribution in [0.15, 0.2) is 36.4 Å². The van der Waals surface area contributed by atoms with Gasteiger partial charge in [0.1, 0.15) is 5.75 Å². The third-order valence-electron chi connectivity index (χ3n) is 1.95. The van der Waals surface area contributed by atoms with Gasteiger partial charge in [-0.3, -0.25) is 0 Å². The fourth-order valence-corrected chi connectivity index (χ4v) is 1.26. The minimum atomic E-state index is -0.979. The van der Waals surface area contributed by atoms with Crippen molar-refractivity contribution < 1.29 is 14.6 Å². The Kier molecular flexibility index (Phi) is 4.86. The van der Waals surface area contributed by atoms with E-state index < -0.39 is 12.1 Å². The fourth-order valence-electron chi connectivity index (χ4n) is 1.14. The van der Waals surface area contributed by atoms with E-state index in [-0.39, 0.29) is 0 Å². The standard InChI is InChI=1S/C12H13ClO3/c1-2-3-4-11(12(14)15)16-10-7-5-9(13)6-8-10/h2-3,5-8,11H,4H2,1H3,(H,14,15). The average Bonchev–Trinajstić information content (AvgIpc) is 2.26. The topological polar surface area (TPSA) is 46.5 Å². The predicted octanol–water partition coefficient (Wildman–Crippen LogP) is 3.14. The SMILES string of the molecule is CC=CCC(Oc1ccc(Cl)cc1)C(=O)O. The van der Waals surface area contributed by atoms with Crippen LogP contribution < -0.4 is 4.74 Å². The van der Waals surface area contributed by atoms with Crippen LogP contribution in [0, 0.1) is 0 Å². The summed E-state index contributed by atoms with van der Waals surface area (Å²) in [7, 11) is 0. The van der Waals surface area contributed by atoms with Crippen LogP contribution in [0.25, 0.3) is 0 Å². The number of hydrogen-bond acceptors (Lipinski definition) is 2. The minimum absolute atomic E-state index is 0.342. The van der Waals surface area contributed by atoms with Crippen LogP contribution in [0.3, 0.4) is 0 Å². The molecular weight excluding hydrogens is 228 g/mol. The van der Waals surface area contributed by atoms with Crippen LogP contribution in [0.4, 0.5) is 0 Å². The molecule has 1 rings (SSSR count). The second-order valence-corrected chi connectivity index (χ2v) is 3.64. The maximum absolute atomic E-state index is 10.9. The summed E-state index contributed by atoms with van der Waals surface area (Å²) in [5, 5.41) is 9.52. The molecule has 0 bridgehead atoms. The van der Waals surface area contributed by atoms with Crippen molar-refractivity contribution in [3.05, 3.63) is 41.4 Å². The number of hydrogen-bond donors (Lipinski definition) is 1. The molecule has 0 saturated heterocycles. The second kappa shape index (κ2) is 6.18. The van der Waals surface area contributed by atoms with Crippen molar-refractivity contribution in [1.82, 2.24) is 0 Å². The van der Waals surface area contributed by atoms with Crippen molar-refractivity contribution in [2.45, 2.75) is 19.4 Å². The molecule has 0 radical (unpaired) electrons. The lowest BCUT2D eigenvalue weighted by molar-refractivity contribution is -0.144. The summed E-state index contributed by atoms with van der Waals surface area (Å²) in [6.45, 7) is 1.83. The van der Waals surface area contributed by atoms with E-state index in [1.807, 2.05) is 6.92 Å². The van der Waals surface area contributed by atoms with Crippen molar-refractivity contribution in [2.24, 2.45) is 0 Å². The van der Waals surface area contributed by atoms with Crippen molar-refractivity contribution in [1.29, 1.82) is 0 Å². The van der Waals surface area contributed by atoms with E-state index in [1.54, 1.807) is 36.4 Å². The Labute approximate surface area is 99.3 Å². The van der Waals surface area contributed by atoms with Gasteiger partial charge in [0.15, 0.2) is 6.10 Å². The van der Waals surface area contributed by atoms with Crippen LogP contribution in [-0.4, -0.2) is 17.2 Å². The van der Waals surface area contributed by atoms with Crippen molar-refractivity contribution in [3.8, 4) is 5.75 Å². The van der Waals surface area contributed by atoms with Gasteiger partial charge in [-0.2, -0.15) is 0 Å². The van der Waals surface area contributed by atoms with Crippen molar-refractivity contribution >= 4 is 17.6 Å². The van der Waals surface area contributed by atoms with E-state index in [0.717, 1.165) is 0 Å². The lowest BCUT2D eigenvalue weighted by Gasteiger charge is -2.13. The molecule has 86 valence electrons. The first-order valence-electron chi connectivity index (χ1n) is 4.89. The zero-order valence-electron chi connectivity index (χ0n) is 8.89. The van der Waals surface area contributed by atoms with E-state index in [0.29, 0.717) is 17.2 Å². The number of aliphatic carboxylic acids is 1. The first-order chi connectivity index (χ1) is 7.63. The molecule has 0 saturated carbocycles. The number of ether oxygens (including phenoxy) is 1. The molecule has 1 atom stereocenters. The Hall–Kier alpha value is -1.48. The Bertz CT molecular complexity index is 370. The number of halogens is 1. The number of carboxylic acids is 1. The van der Waals surface area contributed by atoms with Gasteiger partial charge in [-0.15, -0.1) is 0 Å². The number of allylic oxidation sites excluding steroid dienone is 1. The Balaban J connectivity index is 2.67. The maximum atomic E-state index is 10.9. The Morgan fingerprint density at radius 2 is 2.12 bits per heavy atom. The van der Waals surface area contributed by atoms with Gasteiger partial charge in [-0.25, -0.2) is 4.79 Å². The monoisotopic (exact) mass is 240 g/mol. The summed E-state index contributed by atoms with van der Waals surface area (Å²) in [5.74, 6) is -0.477. The van der Waals surface area contributed by atoms with Crippen molar-refractivity contribution in [2.75, 3.05) is 0 Å². The van der Waals surface area contributed by atoms with E-state index in [1.165, 1.54) is 0 Å². The van der Waals surface area contributed by atoms with Crippen LogP contribution in [0.1, 0.15) is 13.3 Å². The quantitative estimate of drug-likeness (QED) is 0.805. The van der Waals surface area contributed by atoms with Crippen molar-refractivity contribution in [3.63, 3.8) is 0 Å². The largest absolute Gasteiger partial charge is 0.478 e. The molecule has 0 aliphatic heterocycles. The third-order valence-corrected chi connectivity index (χ3v) is 2.21. The van der Waals surface area contributed by atoms with Gasteiger partial charge in [0, 0.05) is 11.4 Å². The van der Waals surface area contributed by atoms with E-state index >= 15 is 0 Å². The highest BCUT2D eigenvalue weighted by Crippen LogP contribution is 2.17. The summed E-state index contributed by atoms with van der Waals surface area (Å²) in [5.41, 5.74) is 0. The third kappa shape index (κ3) is 3.95. The van der Waals surface area contributed by atoms with Gasteiger partial charge in [-0.05, 0) is 31.2 Å². The molecule has 1 N–H and O–H groups in total. The number of rotatable bonds is 5. The molecule has 0 aliphatic rings. The summed E-state index contributed by atoms with van der Waals surface area (Å²) in [6.07, 6.45) is 3.03. The molecular formula is C12H13ClO3. The van der Waals surface area contributed by atoms with E-state index in [4.69, 9.17) is 21.4 Å². The van der Waals surface area contributed by atoms with Crippen LogP contribution in [-0.2, 0) is 4.79 Å². The first kappa shape index (κ1) is 12.6. The zero-order valence-corrected chi connectivity index (χ0v) is 9.65. The molecule has 1 unspecified atom stereocenters. The highest BCUT2D eigenvalue weighted by molar-refractivity contribution is 6.30. The van der Waals surface area contributed by atoms with Gasteiger partial charge in [-0.1, -0.05) is 23.8 Å². The summed E-state index contributed by atoms with van der Waals surface area (Å²) in [6, 6.07) is 6.61. The zero-order chi connectivity index (χ0) is 12.0. The Morgan fingerprint density at radius 3 is 2.62 bits per heavy atom. The molecule has 1 aromatic carbocycles. The molecule has 0 aliphatic carbocycles. The Morgan fingerprint density at radius 1 is 1.50 bits per heavy atom. The summed E-state index contributed by atoms with van der Waals surface area (Å²) >= 11 is 5.71. The summed E-state index contributed by atoms with van der Waals surface area (Å²) in [4.78, 5) is 10.9. The lowest BCUT2D eigenvalue weighted by Crippen LogP contribution is -2.26. The van der Waals surface area contributed by atoms with Gasteiger partial charge < -0.3 is 9.84 Å². The number of benzene rings is 1. The molecule has 0 fully saturated rings. The molecule has 0 amide bonds. The molecule has 4 heteroatoms. The number of carboxylic acid groups (broad SMARTS) is 1. The lowest BCUT2D eigenvalue weighted by atomic mass is 10.2. The normalized spacial score (nSPS) is 12.6. The molecule has 1 aromatic rings. The predicted molar refractivity (Wildman–Crippen MR) is 62.9 cm³/mol. The smallest absolute Gasteiger partial charge is 0.345 e. The molecule has 3 nitrogen and oxygen atoms in total. The van der Waals surface area contributed by atoms with E-state index in [2.05, 4.69) is 0 Å². The van der Waals surface area contributed by atoms with Gasteiger partial charge in [0.05, 0.1) is 0 Å². The fraction of sp³-hybridized carbons (Fsp3) is 0.250. The molecule has 16 heavy (non-hydrogen) atoms. The highest BCUT2D eigenvalue weighted by atomic mass is 35.5. The molecule has 0 heterocycles. The van der Waals surface area contributed by atoms with Crippen LogP contribution >= 0.6 is 11.6 Å².